The molecule has 0 saturated carbocycles. The van der Waals surface area contributed by atoms with Crippen LogP contribution >= 0.6 is 0 Å². The van der Waals surface area contributed by atoms with Gasteiger partial charge in [0.15, 0.2) is 0 Å². The maximum absolute atomic E-state index is 11.8. The lowest BCUT2D eigenvalue weighted by molar-refractivity contribution is -0.144. The Balaban J connectivity index is 3.14. The average molecular weight is 321 g/mol. The number of hydrogen-bond acceptors (Lipinski definition) is 5. The molecule has 6 heteroatoms. The first-order valence-corrected chi connectivity index (χ1v) is 7.44. The lowest BCUT2D eigenvalue weighted by Gasteiger charge is -2.19. The van der Waals surface area contributed by atoms with Gasteiger partial charge in [0, 0.05) is 20.3 Å². The van der Waals surface area contributed by atoms with Gasteiger partial charge in [-0.15, -0.1) is 0 Å². The van der Waals surface area contributed by atoms with E-state index in [4.69, 9.17) is 9.47 Å². The van der Waals surface area contributed by atoms with E-state index >= 15 is 0 Å². The molecule has 0 heterocycles. The van der Waals surface area contributed by atoms with E-state index in [2.05, 4.69) is 5.32 Å². The highest BCUT2D eigenvalue weighted by molar-refractivity contribution is 5.83. The summed E-state index contributed by atoms with van der Waals surface area (Å²) >= 11 is 0. The van der Waals surface area contributed by atoms with Crippen molar-refractivity contribution in [1.29, 1.82) is 0 Å². The van der Waals surface area contributed by atoms with Crippen molar-refractivity contribution >= 4 is 17.8 Å². The van der Waals surface area contributed by atoms with Gasteiger partial charge < -0.3 is 14.8 Å². The highest BCUT2D eigenvalue weighted by Gasteiger charge is 2.22. The molecule has 1 amide bonds. The van der Waals surface area contributed by atoms with Gasteiger partial charge in [-0.05, 0) is 36.1 Å². The molecule has 0 spiro atoms. The summed E-state index contributed by atoms with van der Waals surface area (Å²) in [6.07, 6.45) is 0.997. The number of ether oxygens (including phenoxy) is 2. The monoisotopic (exact) mass is 321 g/mol. The standard InChI is InChI=1S/C17H23NO5/c1-6-14-10(2)13(7-8-16(14)23-12(4)20)9-15(17(21)22-5)18-11(3)19/h7-8,15H,6,9H2,1-5H3,(H,18,19)/t15-/m0/s1. The van der Waals surface area contributed by atoms with Gasteiger partial charge >= 0.3 is 11.9 Å². The fourth-order valence-corrected chi connectivity index (χ4v) is 2.49. The van der Waals surface area contributed by atoms with Crippen molar-refractivity contribution in [3.05, 3.63) is 28.8 Å². The van der Waals surface area contributed by atoms with Crippen molar-refractivity contribution in [1.82, 2.24) is 5.32 Å². The van der Waals surface area contributed by atoms with Gasteiger partial charge in [-0.3, -0.25) is 9.59 Å². The number of nitrogens with one attached hydrogen (secondary N) is 1. The number of hydrogen-bond donors (Lipinski definition) is 1. The van der Waals surface area contributed by atoms with Crippen molar-refractivity contribution in [3.8, 4) is 5.75 Å². The quantitative estimate of drug-likeness (QED) is 0.637. The third-order valence-electron chi connectivity index (χ3n) is 3.56. The Hall–Kier alpha value is -2.37. The predicted molar refractivity (Wildman–Crippen MR) is 85.2 cm³/mol. The van der Waals surface area contributed by atoms with Crippen LogP contribution in [-0.2, 0) is 32.0 Å². The minimum Gasteiger partial charge on any atom is -0.467 e. The second kappa shape index (κ2) is 8.31. The highest BCUT2D eigenvalue weighted by atomic mass is 16.5. The normalized spacial score (nSPS) is 11.5. The van der Waals surface area contributed by atoms with Crippen LogP contribution in [0.2, 0.25) is 0 Å². The molecule has 126 valence electrons. The Morgan fingerprint density at radius 2 is 1.87 bits per heavy atom. The first kappa shape index (κ1) is 18.7. The van der Waals surface area contributed by atoms with Crippen LogP contribution in [0.15, 0.2) is 12.1 Å². The lowest BCUT2D eigenvalue weighted by Crippen LogP contribution is -2.42. The Labute approximate surface area is 136 Å². The minimum absolute atomic E-state index is 0.301. The fourth-order valence-electron chi connectivity index (χ4n) is 2.49. The van der Waals surface area contributed by atoms with Crippen LogP contribution in [-0.4, -0.2) is 31.0 Å². The molecule has 0 aliphatic carbocycles. The SMILES string of the molecule is CCc1c(OC(C)=O)ccc(C[C@H](NC(C)=O)C(=O)OC)c1C. The zero-order chi connectivity index (χ0) is 17.6. The van der Waals surface area contributed by atoms with Crippen LogP contribution < -0.4 is 10.1 Å². The zero-order valence-electron chi connectivity index (χ0n) is 14.2. The molecular formula is C17H23NO5. The van der Waals surface area contributed by atoms with Gasteiger partial charge in [0.2, 0.25) is 5.91 Å². The third kappa shape index (κ3) is 5.09. The second-order valence-electron chi connectivity index (χ2n) is 5.25. The number of esters is 2. The topological polar surface area (TPSA) is 81.7 Å². The van der Waals surface area contributed by atoms with Crippen molar-refractivity contribution < 1.29 is 23.9 Å². The summed E-state index contributed by atoms with van der Waals surface area (Å²) in [5.41, 5.74) is 2.73. The highest BCUT2D eigenvalue weighted by Crippen LogP contribution is 2.27. The maximum Gasteiger partial charge on any atom is 0.328 e. The Kier molecular flexibility index (Phi) is 6.75. The molecule has 1 aromatic rings. The van der Waals surface area contributed by atoms with Crippen molar-refractivity contribution in [2.45, 2.75) is 46.6 Å². The lowest BCUT2D eigenvalue weighted by atomic mass is 9.95. The molecule has 1 N–H and O–H groups in total. The number of methoxy groups -OCH3 is 1. The summed E-state index contributed by atoms with van der Waals surface area (Å²) in [6, 6.07) is 2.76. The first-order chi connectivity index (χ1) is 10.8. The molecule has 0 saturated heterocycles. The minimum atomic E-state index is -0.750. The molecule has 0 radical (unpaired) electrons. The van der Waals surface area contributed by atoms with Crippen LogP contribution in [0.25, 0.3) is 0 Å². The fraction of sp³-hybridized carbons (Fsp3) is 0.471. The van der Waals surface area contributed by atoms with Crippen LogP contribution in [0, 0.1) is 6.92 Å². The zero-order valence-corrected chi connectivity index (χ0v) is 14.2. The third-order valence-corrected chi connectivity index (χ3v) is 3.56. The van der Waals surface area contributed by atoms with Crippen LogP contribution in [0.4, 0.5) is 0 Å². The number of carbonyl (C=O) groups excluding carboxylic acids is 3. The smallest absolute Gasteiger partial charge is 0.328 e. The van der Waals surface area contributed by atoms with E-state index in [0.717, 1.165) is 16.7 Å². The van der Waals surface area contributed by atoms with E-state index < -0.39 is 12.0 Å². The Morgan fingerprint density at radius 3 is 2.35 bits per heavy atom. The molecule has 6 nitrogen and oxygen atoms in total. The number of benzene rings is 1. The van der Waals surface area contributed by atoms with Crippen molar-refractivity contribution in [3.63, 3.8) is 0 Å². The van der Waals surface area contributed by atoms with E-state index in [0.29, 0.717) is 18.6 Å². The molecule has 0 aliphatic rings. The Morgan fingerprint density at radius 1 is 1.22 bits per heavy atom. The van der Waals surface area contributed by atoms with Crippen LogP contribution in [0.3, 0.4) is 0 Å². The molecule has 0 bridgehead atoms. The van der Waals surface area contributed by atoms with Crippen molar-refractivity contribution in [2.75, 3.05) is 7.11 Å². The van der Waals surface area contributed by atoms with E-state index in [1.165, 1.54) is 21.0 Å². The van der Waals surface area contributed by atoms with Crippen LogP contribution in [0.1, 0.15) is 37.5 Å². The van der Waals surface area contributed by atoms with Crippen LogP contribution in [0.5, 0.6) is 5.75 Å². The molecule has 1 aromatic carbocycles. The summed E-state index contributed by atoms with van der Waals surface area (Å²) in [7, 11) is 1.28. The van der Waals surface area contributed by atoms with Gasteiger partial charge in [-0.25, -0.2) is 4.79 Å². The molecule has 0 fully saturated rings. The van der Waals surface area contributed by atoms with E-state index in [1.54, 1.807) is 12.1 Å². The van der Waals surface area contributed by atoms with E-state index in [1.807, 2.05) is 13.8 Å². The van der Waals surface area contributed by atoms with Gasteiger partial charge in [0.05, 0.1) is 7.11 Å². The molecule has 23 heavy (non-hydrogen) atoms. The molecular weight excluding hydrogens is 298 g/mol. The number of carbonyl (C=O) groups is 3. The number of amides is 1. The summed E-state index contributed by atoms with van der Waals surface area (Å²) in [4.78, 5) is 34.3. The van der Waals surface area contributed by atoms with E-state index in [9.17, 15) is 14.4 Å². The molecule has 1 atom stereocenters. The van der Waals surface area contributed by atoms with Gasteiger partial charge in [-0.1, -0.05) is 13.0 Å². The van der Waals surface area contributed by atoms with Crippen molar-refractivity contribution in [2.24, 2.45) is 0 Å². The van der Waals surface area contributed by atoms with Gasteiger partial charge in [0.1, 0.15) is 11.8 Å². The second-order valence-corrected chi connectivity index (χ2v) is 5.25. The van der Waals surface area contributed by atoms with Gasteiger partial charge in [-0.2, -0.15) is 0 Å². The summed E-state index contributed by atoms with van der Waals surface area (Å²) in [5, 5.41) is 2.59. The Bertz CT molecular complexity index is 609. The summed E-state index contributed by atoms with van der Waals surface area (Å²) in [6.45, 7) is 6.57. The first-order valence-electron chi connectivity index (χ1n) is 7.44. The average Bonchev–Trinajstić information content (AvgIpc) is 2.47. The summed E-state index contributed by atoms with van der Waals surface area (Å²) in [5.74, 6) is -0.653. The summed E-state index contributed by atoms with van der Waals surface area (Å²) < 4.78 is 9.95. The van der Waals surface area contributed by atoms with E-state index in [-0.39, 0.29) is 11.9 Å². The predicted octanol–water partition coefficient (Wildman–Crippen LogP) is 1.70. The maximum atomic E-state index is 11.8. The molecule has 0 unspecified atom stereocenters. The molecule has 0 aromatic heterocycles. The van der Waals surface area contributed by atoms with Gasteiger partial charge in [0.25, 0.3) is 0 Å². The number of rotatable bonds is 6. The molecule has 1 rings (SSSR count). The largest absolute Gasteiger partial charge is 0.467 e. The molecule has 0 aliphatic heterocycles.